The Balaban J connectivity index is 2.23. The summed E-state index contributed by atoms with van der Waals surface area (Å²) in [6.45, 7) is 3.44. The number of nitrogens with one attached hydrogen (secondary N) is 1. The molecule has 96 valence electrons. The minimum absolute atomic E-state index is 0.192. The standard InChI is InChI=1S/C13H15FN2O2/c1-3-15-8-13-16-7-12(18-13)9-4-5-10(14)11(6-9)17-2/h4-7,15H,3,8H2,1-2H3. The molecule has 4 nitrogen and oxygen atoms in total. The number of oxazole rings is 1. The van der Waals surface area contributed by atoms with Crippen molar-refractivity contribution in [3.8, 4) is 17.1 Å². The lowest BCUT2D eigenvalue weighted by atomic mass is 10.2. The van der Waals surface area contributed by atoms with E-state index >= 15 is 0 Å². The van der Waals surface area contributed by atoms with Crippen LogP contribution in [-0.2, 0) is 6.54 Å². The lowest BCUT2D eigenvalue weighted by Gasteiger charge is -2.03. The van der Waals surface area contributed by atoms with Crippen molar-refractivity contribution >= 4 is 0 Å². The largest absolute Gasteiger partial charge is 0.494 e. The molecule has 1 N–H and O–H groups in total. The Hall–Kier alpha value is -1.88. The smallest absolute Gasteiger partial charge is 0.208 e. The zero-order valence-corrected chi connectivity index (χ0v) is 10.4. The number of hydrogen-bond donors (Lipinski definition) is 1. The number of aromatic nitrogens is 1. The predicted molar refractivity (Wildman–Crippen MR) is 65.8 cm³/mol. The van der Waals surface area contributed by atoms with Gasteiger partial charge in [-0.15, -0.1) is 0 Å². The van der Waals surface area contributed by atoms with E-state index in [1.807, 2.05) is 6.92 Å². The third-order valence-corrected chi connectivity index (χ3v) is 2.52. The summed E-state index contributed by atoms with van der Waals surface area (Å²) in [4.78, 5) is 4.14. The van der Waals surface area contributed by atoms with Gasteiger partial charge in [0.1, 0.15) is 0 Å². The summed E-state index contributed by atoms with van der Waals surface area (Å²) in [6.07, 6.45) is 1.62. The van der Waals surface area contributed by atoms with Crippen molar-refractivity contribution < 1.29 is 13.5 Å². The third kappa shape index (κ3) is 2.68. The quantitative estimate of drug-likeness (QED) is 0.886. The molecular weight excluding hydrogens is 235 g/mol. The van der Waals surface area contributed by atoms with Gasteiger partial charge in [-0.05, 0) is 24.7 Å². The van der Waals surface area contributed by atoms with Gasteiger partial charge < -0.3 is 14.5 Å². The maximum absolute atomic E-state index is 13.3. The number of methoxy groups -OCH3 is 1. The van der Waals surface area contributed by atoms with Gasteiger partial charge in [-0.3, -0.25) is 0 Å². The molecule has 1 aromatic heterocycles. The normalized spacial score (nSPS) is 10.6. The van der Waals surface area contributed by atoms with Crippen molar-refractivity contribution in [3.63, 3.8) is 0 Å². The number of nitrogens with zero attached hydrogens (tertiary/aromatic N) is 1. The fourth-order valence-electron chi connectivity index (χ4n) is 1.57. The minimum atomic E-state index is -0.395. The van der Waals surface area contributed by atoms with E-state index in [1.54, 1.807) is 18.3 Å². The molecule has 0 aliphatic heterocycles. The molecule has 0 unspecified atom stereocenters. The minimum Gasteiger partial charge on any atom is -0.494 e. The monoisotopic (exact) mass is 250 g/mol. The van der Waals surface area contributed by atoms with E-state index in [9.17, 15) is 4.39 Å². The van der Waals surface area contributed by atoms with E-state index in [0.29, 0.717) is 18.2 Å². The molecule has 0 saturated heterocycles. The zero-order chi connectivity index (χ0) is 13.0. The molecule has 0 spiro atoms. The van der Waals surface area contributed by atoms with E-state index in [1.165, 1.54) is 13.2 Å². The first-order valence-electron chi connectivity index (χ1n) is 5.74. The maximum Gasteiger partial charge on any atom is 0.208 e. The van der Waals surface area contributed by atoms with Gasteiger partial charge in [-0.25, -0.2) is 9.37 Å². The van der Waals surface area contributed by atoms with Gasteiger partial charge >= 0.3 is 0 Å². The molecule has 2 rings (SSSR count). The molecule has 0 saturated carbocycles. The first-order valence-corrected chi connectivity index (χ1v) is 5.74. The summed E-state index contributed by atoms with van der Waals surface area (Å²) in [7, 11) is 1.43. The Morgan fingerprint density at radius 1 is 1.44 bits per heavy atom. The summed E-state index contributed by atoms with van der Waals surface area (Å²) in [5.41, 5.74) is 0.739. The topological polar surface area (TPSA) is 47.3 Å². The SMILES string of the molecule is CCNCc1ncc(-c2ccc(F)c(OC)c2)o1. The van der Waals surface area contributed by atoms with Crippen LogP contribution in [0.4, 0.5) is 4.39 Å². The Labute approximate surface area is 105 Å². The fraction of sp³-hybridized carbons (Fsp3) is 0.308. The molecule has 18 heavy (non-hydrogen) atoms. The van der Waals surface area contributed by atoms with Gasteiger partial charge in [0.25, 0.3) is 0 Å². The van der Waals surface area contributed by atoms with E-state index < -0.39 is 5.82 Å². The number of benzene rings is 1. The Bertz CT molecular complexity index is 525. The number of halogens is 1. The second-order valence-corrected chi connectivity index (χ2v) is 3.75. The van der Waals surface area contributed by atoms with Crippen molar-refractivity contribution in [1.82, 2.24) is 10.3 Å². The van der Waals surface area contributed by atoms with Crippen LogP contribution in [-0.4, -0.2) is 18.6 Å². The molecule has 0 amide bonds. The van der Waals surface area contributed by atoms with Crippen LogP contribution in [0.2, 0.25) is 0 Å². The summed E-state index contributed by atoms with van der Waals surface area (Å²) in [6, 6.07) is 4.57. The average Bonchev–Trinajstić information content (AvgIpc) is 2.85. The van der Waals surface area contributed by atoms with Crippen LogP contribution in [0.1, 0.15) is 12.8 Å². The summed E-state index contributed by atoms with van der Waals surface area (Å²) < 4.78 is 23.8. The lowest BCUT2D eigenvalue weighted by Crippen LogP contribution is -2.11. The molecule has 5 heteroatoms. The van der Waals surface area contributed by atoms with Crippen LogP contribution in [0.3, 0.4) is 0 Å². The van der Waals surface area contributed by atoms with E-state index in [0.717, 1.165) is 12.1 Å². The van der Waals surface area contributed by atoms with Crippen molar-refractivity contribution in [2.75, 3.05) is 13.7 Å². The van der Waals surface area contributed by atoms with E-state index in [4.69, 9.17) is 9.15 Å². The van der Waals surface area contributed by atoms with Gasteiger partial charge in [-0.1, -0.05) is 6.92 Å². The average molecular weight is 250 g/mol. The maximum atomic E-state index is 13.3. The molecule has 0 aliphatic rings. The van der Waals surface area contributed by atoms with Crippen molar-refractivity contribution in [1.29, 1.82) is 0 Å². The van der Waals surface area contributed by atoms with Gasteiger partial charge in [0, 0.05) is 5.56 Å². The summed E-state index contributed by atoms with van der Waals surface area (Å²) in [5.74, 6) is 1.00. The molecule has 0 fully saturated rings. The molecule has 0 bridgehead atoms. The Kier molecular flexibility index (Phi) is 3.94. The van der Waals surface area contributed by atoms with Gasteiger partial charge in [0.05, 0.1) is 19.9 Å². The molecule has 1 heterocycles. The Morgan fingerprint density at radius 3 is 3.00 bits per heavy atom. The van der Waals surface area contributed by atoms with Crippen molar-refractivity contribution in [2.24, 2.45) is 0 Å². The fourth-order valence-corrected chi connectivity index (χ4v) is 1.57. The highest BCUT2D eigenvalue weighted by molar-refractivity contribution is 5.59. The molecule has 0 aliphatic carbocycles. The second-order valence-electron chi connectivity index (χ2n) is 3.75. The third-order valence-electron chi connectivity index (χ3n) is 2.52. The lowest BCUT2D eigenvalue weighted by molar-refractivity contribution is 0.386. The molecule has 1 aromatic carbocycles. The number of ether oxygens (including phenoxy) is 1. The van der Waals surface area contributed by atoms with E-state index in [2.05, 4.69) is 10.3 Å². The second kappa shape index (κ2) is 5.64. The first-order chi connectivity index (χ1) is 8.74. The van der Waals surface area contributed by atoms with Gasteiger partial charge in [0.2, 0.25) is 5.89 Å². The molecule has 0 atom stereocenters. The highest BCUT2D eigenvalue weighted by Crippen LogP contribution is 2.26. The van der Waals surface area contributed by atoms with Crippen molar-refractivity contribution in [3.05, 3.63) is 36.1 Å². The van der Waals surface area contributed by atoms with Crippen LogP contribution in [0.15, 0.2) is 28.8 Å². The number of rotatable bonds is 5. The van der Waals surface area contributed by atoms with Crippen LogP contribution >= 0.6 is 0 Å². The highest BCUT2D eigenvalue weighted by Gasteiger charge is 2.09. The van der Waals surface area contributed by atoms with Crippen LogP contribution in [0.5, 0.6) is 5.75 Å². The van der Waals surface area contributed by atoms with Crippen molar-refractivity contribution in [2.45, 2.75) is 13.5 Å². The van der Waals surface area contributed by atoms with Gasteiger partial charge in [0.15, 0.2) is 17.3 Å². The highest BCUT2D eigenvalue weighted by atomic mass is 19.1. The first kappa shape index (κ1) is 12.6. The summed E-state index contributed by atoms with van der Waals surface area (Å²) >= 11 is 0. The van der Waals surface area contributed by atoms with Crippen LogP contribution in [0.25, 0.3) is 11.3 Å². The molecule has 0 radical (unpaired) electrons. The number of hydrogen-bond acceptors (Lipinski definition) is 4. The van der Waals surface area contributed by atoms with Gasteiger partial charge in [-0.2, -0.15) is 0 Å². The predicted octanol–water partition coefficient (Wildman–Crippen LogP) is 2.60. The molecule has 2 aromatic rings. The van der Waals surface area contributed by atoms with E-state index in [-0.39, 0.29) is 5.75 Å². The van der Waals surface area contributed by atoms with Crippen LogP contribution in [0, 0.1) is 5.82 Å². The Morgan fingerprint density at radius 2 is 2.28 bits per heavy atom. The summed E-state index contributed by atoms with van der Waals surface area (Å²) in [5, 5.41) is 3.12. The zero-order valence-electron chi connectivity index (χ0n) is 10.4. The molecular formula is C13H15FN2O2. The van der Waals surface area contributed by atoms with Crippen LogP contribution < -0.4 is 10.1 Å².